The van der Waals surface area contributed by atoms with Gasteiger partial charge in [0.25, 0.3) is 0 Å². The molecule has 5 nitrogen and oxygen atoms in total. The second-order valence-electron chi connectivity index (χ2n) is 5.08. The predicted octanol–water partition coefficient (Wildman–Crippen LogP) is 4.01. The second-order valence-corrected chi connectivity index (χ2v) is 5.08. The van der Waals surface area contributed by atoms with Crippen LogP contribution in [0.25, 0.3) is 10.8 Å². The van der Waals surface area contributed by atoms with Gasteiger partial charge in [0.1, 0.15) is 11.5 Å². The predicted molar refractivity (Wildman–Crippen MR) is 94.4 cm³/mol. The van der Waals surface area contributed by atoms with Crippen molar-refractivity contribution in [1.82, 2.24) is 5.32 Å². The lowest BCUT2D eigenvalue weighted by Crippen LogP contribution is -2.22. The zero-order chi connectivity index (χ0) is 16.9. The van der Waals surface area contributed by atoms with E-state index in [1.807, 2.05) is 30.3 Å². The third-order valence-electron chi connectivity index (χ3n) is 3.55. The number of nitrogens with one attached hydrogen (secondary N) is 1. The van der Waals surface area contributed by atoms with Crippen molar-refractivity contribution >= 4 is 28.8 Å². The summed E-state index contributed by atoms with van der Waals surface area (Å²) in [4.78, 5) is 15.9. The molecule has 0 saturated carbocycles. The number of benzene rings is 3. The first-order valence-corrected chi connectivity index (χ1v) is 7.42. The molecule has 0 aromatic heterocycles. The smallest absolute Gasteiger partial charge is 0.412 e. The Balaban J connectivity index is 2.02. The van der Waals surface area contributed by atoms with Crippen LogP contribution in [0.2, 0.25) is 0 Å². The topological polar surface area (TPSA) is 70.9 Å². The highest BCUT2D eigenvalue weighted by Crippen LogP contribution is 2.33. The number of fused-ring (bicyclic) bond motifs is 1. The van der Waals surface area contributed by atoms with Crippen molar-refractivity contribution in [2.24, 2.45) is 4.99 Å². The maximum Gasteiger partial charge on any atom is 0.412 e. The SMILES string of the molecule is CNC(=O)Oc1ccc(/N=C/c2ccccc2O)c2ccccc12. The number of hydrogen-bond donors (Lipinski definition) is 2. The molecular formula is C19H16N2O3. The molecule has 5 heteroatoms. The monoisotopic (exact) mass is 320 g/mol. The third-order valence-corrected chi connectivity index (χ3v) is 3.55. The van der Waals surface area contributed by atoms with Gasteiger partial charge in [-0.15, -0.1) is 0 Å². The number of ether oxygens (including phenoxy) is 1. The number of phenols is 1. The molecule has 0 aliphatic carbocycles. The number of rotatable bonds is 3. The largest absolute Gasteiger partial charge is 0.507 e. The first-order valence-electron chi connectivity index (χ1n) is 7.42. The van der Waals surface area contributed by atoms with Crippen molar-refractivity contribution < 1.29 is 14.6 Å². The molecule has 0 aliphatic rings. The zero-order valence-electron chi connectivity index (χ0n) is 13.1. The lowest BCUT2D eigenvalue weighted by molar-refractivity contribution is 0.203. The Morgan fingerprint density at radius 1 is 1.04 bits per heavy atom. The minimum atomic E-state index is -0.523. The highest BCUT2D eigenvalue weighted by Gasteiger charge is 2.09. The Kier molecular flexibility index (Phi) is 4.43. The van der Waals surface area contributed by atoms with E-state index in [2.05, 4.69) is 10.3 Å². The maximum atomic E-state index is 11.5. The fourth-order valence-corrected chi connectivity index (χ4v) is 2.34. The van der Waals surface area contributed by atoms with E-state index < -0.39 is 6.09 Å². The van der Waals surface area contributed by atoms with Gasteiger partial charge in [0.2, 0.25) is 0 Å². The molecule has 3 rings (SSSR count). The summed E-state index contributed by atoms with van der Waals surface area (Å²) in [6.45, 7) is 0. The van der Waals surface area contributed by atoms with Crippen LogP contribution >= 0.6 is 0 Å². The summed E-state index contributed by atoms with van der Waals surface area (Å²) in [6, 6.07) is 18.0. The van der Waals surface area contributed by atoms with E-state index in [9.17, 15) is 9.90 Å². The van der Waals surface area contributed by atoms with Crippen LogP contribution in [0.15, 0.2) is 65.7 Å². The molecule has 3 aromatic carbocycles. The van der Waals surface area contributed by atoms with Gasteiger partial charge >= 0.3 is 6.09 Å². The minimum absolute atomic E-state index is 0.171. The maximum absolute atomic E-state index is 11.5. The zero-order valence-corrected chi connectivity index (χ0v) is 13.1. The number of carbonyl (C=O) groups excluding carboxylic acids is 1. The van der Waals surface area contributed by atoms with Gasteiger partial charge in [0, 0.05) is 29.6 Å². The van der Waals surface area contributed by atoms with Crippen LogP contribution in [0.5, 0.6) is 11.5 Å². The van der Waals surface area contributed by atoms with Gasteiger partial charge in [-0.25, -0.2) is 4.79 Å². The summed E-state index contributed by atoms with van der Waals surface area (Å²) >= 11 is 0. The number of hydrogen-bond acceptors (Lipinski definition) is 4. The number of para-hydroxylation sites is 1. The van der Waals surface area contributed by atoms with Gasteiger partial charge in [-0.3, -0.25) is 4.99 Å². The second kappa shape index (κ2) is 6.83. The van der Waals surface area contributed by atoms with Crippen LogP contribution in [0.1, 0.15) is 5.56 Å². The normalized spacial score (nSPS) is 10.9. The molecule has 120 valence electrons. The highest BCUT2D eigenvalue weighted by atomic mass is 16.6. The highest BCUT2D eigenvalue weighted by molar-refractivity contribution is 5.99. The molecule has 0 saturated heterocycles. The van der Waals surface area contributed by atoms with E-state index >= 15 is 0 Å². The Morgan fingerprint density at radius 3 is 2.50 bits per heavy atom. The van der Waals surface area contributed by atoms with Crippen LogP contribution in [-0.4, -0.2) is 24.5 Å². The van der Waals surface area contributed by atoms with E-state index in [4.69, 9.17) is 4.74 Å². The summed E-state index contributed by atoms with van der Waals surface area (Å²) in [7, 11) is 1.51. The van der Waals surface area contributed by atoms with Crippen molar-refractivity contribution in [3.05, 3.63) is 66.2 Å². The quantitative estimate of drug-likeness (QED) is 0.716. The van der Waals surface area contributed by atoms with E-state index in [0.29, 0.717) is 11.3 Å². The van der Waals surface area contributed by atoms with Gasteiger partial charge < -0.3 is 15.2 Å². The molecule has 0 heterocycles. The number of nitrogens with zero attached hydrogens (tertiary/aromatic N) is 1. The fraction of sp³-hybridized carbons (Fsp3) is 0.0526. The van der Waals surface area contributed by atoms with E-state index in [-0.39, 0.29) is 5.75 Å². The third kappa shape index (κ3) is 3.20. The lowest BCUT2D eigenvalue weighted by atomic mass is 10.1. The number of phenolic OH excluding ortho intramolecular Hbond substituents is 1. The van der Waals surface area contributed by atoms with Gasteiger partial charge in [-0.1, -0.05) is 36.4 Å². The minimum Gasteiger partial charge on any atom is -0.507 e. The molecule has 3 aromatic rings. The van der Waals surface area contributed by atoms with Crippen LogP contribution in [0, 0.1) is 0 Å². The molecule has 2 N–H and O–H groups in total. The summed E-state index contributed by atoms with van der Waals surface area (Å²) in [5.74, 6) is 0.636. The first kappa shape index (κ1) is 15.6. The van der Waals surface area contributed by atoms with E-state index in [0.717, 1.165) is 16.5 Å². The molecule has 0 bridgehead atoms. The van der Waals surface area contributed by atoms with Gasteiger partial charge in [0.15, 0.2) is 0 Å². The van der Waals surface area contributed by atoms with Crippen molar-refractivity contribution in [2.45, 2.75) is 0 Å². The van der Waals surface area contributed by atoms with E-state index in [1.165, 1.54) is 7.05 Å². The molecule has 24 heavy (non-hydrogen) atoms. The van der Waals surface area contributed by atoms with Crippen LogP contribution in [-0.2, 0) is 0 Å². The number of aromatic hydroxyl groups is 1. The molecule has 0 fully saturated rings. The molecule has 0 atom stereocenters. The van der Waals surface area contributed by atoms with E-state index in [1.54, 1.807) is 36.5 Å². The standard InChI is InChI=1S/C19H16N2O3/c1-20-19(23)24-18-11-10-16(14-7-3-4-8-15(14)18)21-12-13-6-2-5-9-17(13)22/h2-12,22H,1H3,(H,20,23)/b21-12+. The first-order chi connectivity index (χ1) is 11.7. The molecule has 0 aliphatic heterocycles. The summed E-state index contributed by atoms with van der Waals surface area (Å²) in [5.41, 5.74) is 1.35. The van der Waals surface area contributed by atoms with Crippen molar-refractivity contribution in [2.75, 3.05) is 7.05 Å². The Hall–Kier alpha value is -3.34. The van der Waals surface area contributed by atoms with Crippen LogP contribution < -0.4 is 10.1 Å². The van der Waals surface area contributed by atoms with Crippen molar-refractivity contribution in [1.29, 1.82) is 0 Å². The molecular weight excluding hydrogens is 304 g/mol. The number of amides is 1. The lowest BCUT2D eigenvalue weighted by Gasteiger charge is -2.09. The summed E-state index contributed by atoms with van der Waals surface area (Å²) in [5, 5.41) is 13.9. The van der Waals surface area contributed by atoms with Crippen molar-refractivity contribution in [3.8, 4) is 11.5 Å². The Bertz CT molecular complexity index is 919. The number of carbonyl (C=O) groups is 1. The molecule has 0 unspecified atom stereocenters. The van der Waals surface area contributed by atoms with Gasteiger partial charge in [-0.05, 0) is 24.3 Å². The van der Waals surface area contributed by atoms with Crippen LogP contribution in [0.3, 0.4) is 0 Å². The summed E-state index contributed by atoms with van der Waals surface area (Å²) in [6.07, 6.45) is 1.08. The Morgan fingerprint density at radius 2 is 1.75 bits per heavy atom. The van der Waals surface area contributed by atoms with Gasteiger partial charge in [0.05, 0.1) is 5.69 Å². The molecule has 0 radical (unpaired) electrons. The fourth-order valence-electron chi connectivity index (χ4n) is 2.34. The van der Waals surface area contributed by atoms with Crippen LogP contribution in [0.4, 0.5) is 10.5 Å². The molecule has 0 spiro atoms. The van der Waals surface area contributed by atoms with Gasteiger partial charge in [-0.2, -0.15) is 0 Å². The Labute approximate surface area is 139 Å². The summed E-state index contributed by atoms with van der Waals surface area (Å²) < 4.78 is 5.27. The van der Waals surface area contributed by atoms with Crippen molar-refractivity contribution in [3.63, 3.8) is 0 Å². The molecule has 1 amide bonds. The number of aliphatic imine (C=N–C) groups is 1. The average molecular weight is 320 g/mol. The average Bonchev–Trinajstić information content (AvgIpc) is 2.62.